The molecule has 1 aromatic heterocycles. The van der Waals surface area contributed by atoms with Crippen molar-refractivity contribution in [3.8, 4) is 22.8 Å². The van der Waals surface area contributed by atoms with Crippen LogP contribution in [0.25, 0.3) is 22.8 Å². The number of nitrogens with zero attached hydrogens (tertiary/aromatic N) is 3. The zero-order valence-corrected chi connectivity index (χ0v) is 15.5. The first-order chi connectivity index (χ1) is 13.0. The van der Waals surface area contributed by atoms with Crippen LogP contribution in [0.3, 0.4) is 0 Å². The SMILES string of the molecule is C=CC(=O)NCc1ccc(-c2nc(-c3ccc(CN(C)C)cc3)no2)cc1. The first kappa shape index (κ1) is 18.5. The van der Waals surface area contributed by atoms with Gasteiger partial charge < -0.3 is 14.7 Å². The third-order valence-corrected chi connectivity index (χ3v) is 3.99. The van der Waals surface area contributed by atoms with Crippen LogP contribution in [-0.4, -0.2) is 35.0 Å². The highest BCUT2D eigenvalue weighted by molar-refractivity contribution is 5.86. The zero-order valence-electron chi connectivity index (χ0n) is 15.5. The zero-order chi connectivity index (χ0) is 19.2. The lowest BCUT2D eigenvalue weighted by Crippen LogP contribution is -2.19. The van der Waals surface area contributed by atoms with E-state index in [4.69, 9.17) is 4.52 Å². The van der Waals surface area contributed by atoms with E-state index >= 15 is 0 Å². The molecule has 0 atom stereocenters. The van der Waals surface area contributed by atoms with Crippen LogP contribution in [0.5, 0.6) is 0 Å². The highest BCUT2D eigenvalue weighted by atomic mass is 16.5. The summed E-state index contributed by atoms with van der Waals surface area (Å²) in [5, 5.41) is 6.82. The number of hydrogen-bond acceptors (Lipinski definition) is 5. The van der Waals surface area contributed by atoms with E-state index < -0.39 is 0 Å². The fraction of sp³-hybridized carbons (Fsp3) is 0.190. The van der Waals surface area contributed by atoms with E-state index in [2.05, 4.69) is 39.1 Å². The average Bonchev–Trinajstić information content (AvgIpc) is 3.17. The fourth-order valence-corrected chi connectivity index (χ4v) is 2.61. The summed E-state index contributed by atoms with van der Waals surface area (Å²) in [6.07, 6.45) is 1.25. The molecule has 6 nitrogen and oxygen atoms in total. The first-order valence-corrected chi connectivity index (χ1v) is 8.62. The number of carbonyl (C=O) groups is 1. The second-order valence-corrected chi connectivity index (χ2v) is 6.48. The molecule has 1 heterocycles. The maximum absolute atomic E-state index is 11.2. The van der Waals surface area contributed by atoms with Gasteiger partial charge in [0, 0.05) is 24.2 Å². The predicted molar refractivity (Wildman–Crippen MR) is 105 cm³/mol. The molecule has 0 radical (unpaired) electrons. The number of nitrogens with one attached hydrogen (secondary N) is 1. The van der Waals surface area contributed by atoms with Crippen LogP contribution >= 0.6 is 0 Å². The molecule has 27 heavy (non-hydrogen) atoms. The summed E-state index contributed by atoms with van der Waals surface area (Å²) in [6, 6.07) is 15.8. The molecule has 6 heteroatoms. The summed E-state index contributed by atoms with van der Waals surface area (Å²) in [6.45, 7) is 4.76. The fourth-order valence-electron chi connectivity index (χ4n) is 2.61. The Hall–Kier alpha value is -3.25. The quantitative estimate of drug-likeness (QED) is 0.653. The second-order valence-electron chi connectivity index (χ2n) is 6.48. The highest BCUT2D eigenvalue weighted by Gasteiger charge is 2.11. The van der Waals surface area contributed by atoms with Crippen LogP contribution in [0.4, 0.5) is 0 Å². The van der Waals surface area contributed by atoms with Crippen LogP contribution in [0.15, 0.2) is 65.7 Å². The summed E-state index contributed by atoms with van der Waals surface area (Å²) in [4.78, 5) is 17.8. The summed E-state index contributed by atoms with van der Waals surface area (Å²) in [5.74, 6) is 0.824. The molecule has 2 aromatic carbocycles. The second kappa shape index (κ2) is 8.42. The molecule has 1 amide bonds. The Bertz CT molecular complexity index is 912. The van der Waals surface area contributed by atoms with E-state index in [1.807, 2.05) is 50.5 Å². The van der Waals surface area contributed by atoms with Crippen molar-refractivity contribution in [1.29, 1.82) is 0 Å². The molecule has 3 rings (SSSR count). The maximum Gasteiger partial charge on any atom is 0.258 e. The third kappa shape index (κ3) is 4.89. The first-order valence-electron chi connectivity index (χ1n) is 8.62. The summed E-state index contributed by atoms with van der Waals surface area (Å²) in [5.41, 5.74) is 3.95. The normalized spacial score (nSPS) is 10.8. The van der Waals surface area contributed by atoms with Crippen LogP contribution in [0, 0.1) is 0 Å². The number of carbonyl (C=O) groups excluding carboxylic acids is 1. The van der Waals surface area contributed by atoms with Gasteiger partial charge in [-0.3, -0.25) is 4.79 Å². The Kier molecular flexibility index (Phi) is 5.78. The Morgan fingerprint density at radius 2 is 1.70 bits per heavy atom. The number of benzene rings is 2. The van der Waals surface area contributed by atoms with E-state index in [-0.39, 0.29) is 5.91 Å². The standard InChI is InChI=1S/C21H22N4O2/c1-4-19(26)22-13-15-5-11-18(12-6-15)21-23-20(24-27-21)17-9-7-16(8-10-17)14-25(2)3/h4-12H,1,13-14H2,2-3H3,(H,22,26). The minimum atomic E-state index is -0.197. The molecular formula is C21H22N4O2. The van der Waals surface area contributed by atoms with Gasteiger partial charge in [0.25, 0.3) is 5.89 Å². The predicted octanol–water partition coefficient (Wildman–Crippen LogP) is 3.27. The molecular weight excluding hydrogens is 340 g/mol. The van der Waals surface area contributed by atoms with Crippen molar-refractivity contribution in [2.45, 2.75) is 13.1 Å². The molecule has 0 spiro atoms. The van der Waals surface area contributed by atoms with Crippen molar-refractivity contribution < 1.29 is 9.32 Å². The van der Waals surface area contributed by atoms with Gasteiger partial charge in [-0.1, -0.05) is 48.1 Å². The van der Waals surface area contributed by atoms with E-state index in [9.17, 15) is 4.79 Å². The monoisotopic (exact) mass is 362 g/mol. The highest BCUT2D eigenvalue weighted by Crippen LogP contribution is 2.23. The summed E-state index contributed by atoms with van der Waals surface area (Å²) < 4.78 is 5.40. The van der Waals surface area contributed by atoms with Gasteiger partial charge in [-0.15, -0.1) is 0 Å². The molecule has 0 saturated carbocycles. The Labute approximate surface area is 158 Å². The molecule has 138 valence electrons. The van der Waals surface area contributed by atoms with Gasteiger partial charge in [0.2, 0.25) is 11.7 Å². The van der Waals surface area contributed by atoms with Crippen LogP contribution in [0.2, 0.25) is 0 Å². The minimum Gasteiger partial charge on any atom is -0.348 e. The largest absolute Gasteiger partial charge is 0.348 e. The van der Waals surface area contributed by atoms with Gasteiger partial charge in [-0.25, -0.2) is 0 Å². The van der Waals surface area contributed by atoms with Crippen molar-refractivity contribution >= 4 is 5.91 Å². The van der Waals surface area contributed by atoms with Gasteiger partial charge in [0.05, 0.1) is 0 Å². The van der Waals surface area contributed by atoms with Crippen molar-refractivity contribution in [2.75, 3.05) is 14.1 Å². The molecule has 0 aliphatic rings. The molecule has 0 fully saturated rings. The van der Waals surface area contributed by atoms with Crippen LogP contribution in [-0.2, 0) is 17.9 Å². The van der Waals surface area contributed by atoms with E-state index in [0.717, 1.165) is 23.2 Å². The Morgan fingerprint density at radius 3 is 2.33 bits per heavy atom. The third-order valence-electron chi connectivity index (χ3n) is 3.99. The summed E-state index contributed by atoms with van der Waals surface area (Å²) >= 11 is 0. The van der Waals surface area contributed by atoms with E-state index in [1.54, 1.807) is 0 Å². The number of rotatable bonds is 7. The lowest BCUT2D eigenvalue weighted by atomic mass is 10.1. The Morgan fingerprint density at radius 1 is 1.07 bits per heavy atom. The van der Waals surface area contributed by atoms with Gasteiger partial charge >= 0.3 is 0 Å². The smallest absolute Gasteiger partial charge is 0.258 e. The summed E-state index contributed by atoms with van der Waals surface area (Å²) in [7, 11) is 4.08. The molecule has 3 aromatic rings. The molecule has 0 bridgehead atoms. The van der Waals surface area contributed by atoms with Gasteiger partial charge in [0.15, 0.2) is 0 Å². The molecule has 0 aliphatic heterocycles. The van der Waals surface area contributed by atoms with Crippen molar-refractivity contribution in [3.05, 3.63) is 72.3 Å². The van der Waals surface area contributed by atoms with Crippen LogP contribution < -0.4 is 5.32 Å². The van der Waals surface area contributed by atoms with Gasteiger partial charge in [0.1, 0.15) is 0 Å². The van der Waals surface area contributed by atoms with Crippen molar-refractivity contribution in [2.24, 2.45) is 0 Å². The van der Waals surface area contributed by atoms with E-state index in [1.165, 1.54) is 11.6 Å². The Balaban J connectivity index is 1.70. The average molecular weight is 362 g/mol. The number of hydrogen-bond donors (Lipinski definition) is 1. The molecule has 1 N–H and O–H groups in total. The lowest BCUT2D eigenvalue weighted by molar-refractivity contribution is -0.116. The molecule has 0 unspecified atom stereocenters. The lowest BCUT2D eigenvalue weighted by Gasteiger charge is -2.09. The van der Waals surface area contributed by atoms with Gasteiger partial charge in [-0.05, 0) is 43.4 Å². The van der Waals surface area contributed by atoms with Gasteiger partial charge in [-0.2, -0.15) is 4.98 Å². The molecule has 0 aliphatic carbocycles. The number of aromatic nitrogens is 2. The van der Waals surface area contributed by atoms with Crippen LogP contribution in [0.1, 0.15) is 11.1 Å². The van der Waals surface area contributed by atoms with Crippen molar-refractivity contribution in [1.82, 2.24) is 20.4 Å². The van der Waals surface area contributed by atoms with Crippen molar-refractivity contribution in [3.63, 3.8) is 0 Å². The maximum atomic E-state index is 11.2. The van der Waals surface area contributed by atoms with E-state index in [0.29, 0.717) is 18.3 Å². The molecule has 0 saturated heterocycles. The minimum absolute atomic E-state index is 0.197. The number of amides is 1. The topological polar surface area (TPSA) is 71.3 Å².